The van der Waals surface area contributed by atoms with E-state index in [-0.39, 0.29) is 0 Å². The van der Waals surface area contributed by atoms with Crippen molar-refractivity contribution in [3.63, 3.8) is 0 Å². The summed E-state index contributed by atoms with van der Waals surface area (Å²) in [5.41, 5.74) is 0.494. The van der Waals surface area contributed by atoms with Crippen LogP contribution < -0.4 is 0 Å². The summed E-state index contributed by atoms with van der Waals surface area (Å²) in [4.78, 5) is 11.4. The number of carbonyl (C=O) groups is 1. The zero-order valence-electron chi connectivity index (χ0n) is 11.5. The van der Waals surface area contributed by atoms with Crippen molar-refractivity contribution in [3.8, 4) is 0 Å². The van der Waals surface area contributed by atoms with E-state index in [0.717, 1.165) is 37.5 Å². The van der Waals surface area contributed by atoms with Crippen LogP contribution in [0.3, 0.4) is 0 Å². The topological polar surface area (TPSA) is 17.1 Å². The molecule has 1 aliphatic carbocycles. The molecule has 1 saturated carbocycles. The Bertz CT molecular complexity index is 230. The number of rotatable bonds is 6. The predicted octanol–water partition coefficient (Wildman–Crippen LogP) is 4.60. The number of hydrogen-bond acceptors (Lipinski definition) is 1. The van der Waals surface area contributed by atoms with E-state index in [2.05, 4.69) is 27.7 Å². The molecule has 0 heterocycles. The lowest BCUT2D eigenvalue weighted by molar-refractivity contribution is -0.119. The normalized spacial score (nSPS) is 28.2. The summed E-state index contributed by atoms with van der Waals surface area (Å²) < 4.78 is 0. The first-order valence-electron chi connectivity index (χ1n) is 7.00. The molecule has 0 amide bonds. The predicted molar refractivity (Wildman–Crippen MR) is 69.4 cm³/mol. The SMILES string of the molecule is CCCC(=O)CCCC1CCC(C)C1(C)C. The highest BCUT2D eigenvalue weighted by Crippen LogP contribution is 2.49. The van der Waals surface area contributed by atoms with Gasteiger partial charge in [0.05, 0.1) is 0 Å². The van der Waals surface area contributed by atoms with Crippen LogP contribution in [0.4, 0.5) is 0 Å². The highest BCUT2D eigenvalue weighted by Gasteiger charge is 2.39. The van der Waals surface area contributed by atoms with Gasteiger partial charge in [0.15, 0.2) is 0 Å². The van der Waals surface area contributed by atoms with Gasteiger partial charge in [-0.15, -0.1) is 0 Å². The zero-order chi connectivity index (χ0) is 12.2. The summed E-state index contributed by atoms with van der Waals surface area (Å²) in [7, 11) is 0. The monoisotopic (exact) mass is 224 g/mol. The van der Waals surface area contributed by atoms with Gasteiger partial charge < -0.3 is 0 Å². The molecule has 1 fully saturated rings. The Balaban J connectivity index is 2.26. The third-order valence-electron chi connectivity index (χ3n) is 4.81. The van der Waals surface area contributed by atoms with Crippen LogP contribution in [-0.2, 0) is 4.79 Å². The molecule has 0 aromatic heterocycles. The molecule has 0 saturated heterocycles. The maximum atomic E-state index is 11.4. The molecule has 1 aliphatic rings. The maximum absolute atomic E-state index is 11.4. The van der Waals surface area contributed by atoms with Crippen molar-refractivity contribution in [2.24, 2.45) is 17.3 Å². The lowest BCUT2D eigenvalue weighted by Gasteiger charge is -2.31. The minimum atomic E-state index is 0.464. The van der Waals surface area contributed by atoms with E-state index < -0.39 is 0 Å². The lowest BCUT2D eigenvalue weighted by Crippen LogP contribution is -2.23. The fourth-order valence-corrected chi connectivity index (χ4v) is 3.06. The van der Waals surface area contributed by atoms with E-state index in [0.29, 0.717) is 11.2 Å². The van der Waals surface area contributed by atoms with E-state index in [1.54, 1.807) is 0 Å². The molecule has 0 bridgehead atoms. The summed E-state index contributed by atoms with van der Waals surface area (Å²) in [6, 6.07) is 0. The van der Waals surface area contributed by atoms with Crippen LogP contribution >= 0.6 is 0 Å². The third-order valence-corrected chi connectivity index (χ3v) is 4.81. The number of ketones is 1. The molecule has 0 radical (unpaired) electrons. The highest BCUT2D eigenvalue weighted by molar-refractivity contribution is 5.78. The van der Waals surface area contributed by atoms with Crippen molar-refractivity contribution < 1.29 is 4.79 Å². The van der Waals surface area contributed by atoms with Crippen LogP contribution in [0.25, 0.3) is 0 Å². The molecule has 1 rings (SSSR count). The average molecular weight is 224 g/mol. The maximum Gasteiger partial charge on any atom is 0.132 e. The smallest absolute Gasteiger partial charge is 0.132 e. The molecule has 0 aliphatic heterocycles. The summed E-state index contributed by atoms with van der Waals surface area (Å²) >= 11 is 0. The number of Topliss-reactive ketones (excluding diaryl/α,β-unsaturated/α-hetero) is 1. The van der Waals surface area contributed by atoms with Gasteiger partial charge in [-0.1, -0.05) is 27.7 Å². The van der Waals surface area contributed by atoms with Gasteiger partial charge in [0.25, 0.3) is 0 Å². The molecule has 1 heteroatoms. The van der Waals surface area contributed by atoms with E-state index in [1.165, 1.54) is 19.3 Å². The van der Waals surface area contributed by atoms with E-state index in [9.17, 15) is 4.79 Å². The van der Waals surface area contributed by atoms with Crippen molar-refractivity contribution in [2.45, 2.75) is 72.6 Å². The van der Waals surface area contributed by atoms with Crippen molar-refractivity contribution in [1.29, 1.82) is 0 Å². The minimum Gasteiger partial charge on any atom is -0.300 e. The molecule has 2 atom stereocenters. The largest absolute Gasteiger partial charge is 0.300 e. The van der Waals surface area contributed by atoms with Crippen molar-refractivity contribution in [2.75, 3.05) is 0 Å². The Morgan fingerprint density at radius 2 is 1.94 bits per heavy atom. The quantitative estimate of drug-likeness (QED) is 0.644. The second-order valence-electron chi connectivity index (χ2n) is 6.18. The van der Waals surface area contributed by atoms with Crippen LogP contribution in [0.2, 0.25) is 0 Å². The van der Waals surface area contributed by atoms with Crippen molar-refractivity contribution >= 4 is 5.78 Å². The Hall–Kier alpha value is -0.330. The van der Waals surface area contributed by atoms with Gasteiger partial charge in [0.2, 0.25) is 0 Å². The average Bonchev–Trinajstić information content (AvgIpc) is 2.45. The van der Waals surface area contributed by atoms with E-state index in [1.807, 2.05) is 0 Å². The van der Waals surface area contributed by atoms with Crippen molar-refractivity contribution in [1.82, 2.24) is 0 Å². The molecular weight excluding hydrogens is 196 g/mol. The molecule has 1 nitrogen and oxygen atoms in total. The summed E-state index contributed by atoms with van der Waals surface area (Å²) in [5, 5.41) is 0. The van der Waals surface area contributed by atoms with E-state index in [4.69, 9.17) is 0 Å². The van der Waals surface area contributed by atoms with Crippen LogP contribution in [0.15, 0.2) is 0 Å². The molecule has 2 unspecified atom stereocenters. The Morgan fingerprint density at radius 1 is 1.25 bits per heavy atom. The third kappa shape index (κ3) is 3.33. The van der Waals surface area contributed by atoms with Crippen LogP contribution in [0.5, 0.6) is 0 Å². The van der Waals surface area contributed by atoms with Crippen LogP contribution in [-0.4, -0.2) is 5.78 Å². The summed E-state index contributed by atoms with van der Waals surface area (Å²) in [5.74, 6) is 2.16. The number of hydrogen-bond donors (Lipinski definition) is 0. The van der Waals surface area contributed by atoms with Gasteiger partial charge in [-0.2, -0.15) is 0 Å². The molecule has 0 aromatic carbocycles. The van der Waals surface area contributed by atoms with Gasteiger partial charge in [-0.05, 0) is 49.4 Å². The standard InChI is InChI=1S/C15H28O/c1-5-7-14(16)9-6-8-13-11-10-12(2)15(13,3)4/h12-13H,5-11H2,1-4H3. The van der Waals surface area contributed by atoms with Gasteiger partial charge in [0.1, 0.15) is 5.78 Å². The minimum absolute atomic E-state index is 0.464. The van der Waals surface area contributed by atoms with Gasteiger partial charge in [0, 0.05) is 12.8 Å². The van der Waals surface area contributed by atoms with Gasteiger partial charge >= 0.3 is 0 Å². The molecule has 16 heavy (non-hydrogen) atoms. The first-order chi connectivity index (χ1) is 7.48. The fourth-order valence-electron chi connectivity index (χ4n) is 3.06. The molecule has 0 aromatic rings. The molecular formula is C15H28O. The van der Waals surface area contributed by atoms with Crippen molar-refractivity contribution in [3.05, 3.63) is 0 Å². The van der Waals surface area contributed by atoms with Crippen LogP contribution in [0, 0.1) is 17.3 Å². The molecule has 94 valence electrons. The second kappa shape index (κ2) is 5.84. The summed E-state index contributed by atoms with van der Waals surface area (Å²) in [6.45, 7) is 9.27. The first-order valence-corrected chi connectivity index (χ1v) is 7.00. The molecule has 0 N–H and O–H groups in total. The van der Waals surface area contributed by atoms with Crippen LogP contribution in [0.1, 0.15) is 72.6 Å². The van der Waals surface area contributed by atoms with E-state index >= 15 is 0 Å². The van der Waals surface area contributed by atoms with Gasteiger partial charge in [-0.3, -0.25) is 4.79 Å². The Labute approximate surface area is 101 Å². The molecule has 0 spiro atoms. The fraction of sp³-hybridized carbons (Fsp3) is 0.933. The second-order valence-corrected chi connectivity index (χ2v) is 6.18. The first kappa shape index (κ1) is 13.7. The highest BCUT2D eigenvalue weighted by atomic mass is 16.1. The van der Waals surface area contributed by atoms with Gasteiger partial charge in [-0.25, -0.2) is 0 Å². The summed E-state index contributed by atoms with van der Waals surface area (Å²) in [6.07, 6.45) is 7.72. The number of carbonyl (C=O) groups excluding carboxylic acids is 1. The Morgan fingerprint density at radius 3 is 2.44 bits per heavy atom. The lowest BCUT2D eigenvalue weighted by atomic mass is 9.74. The Kier molecular flexibility index (Phi) is 5.01. The zero-order valence-corrected chi connectivity index (χ0v) is 11.5.